The van der Waals surface area contributed by atoms with Crippen molar-refractivity contribution in [3.05, 3.63) is 60.7 Å². The lowest BCUT2D eigenvalue weighted by molar-refractivity contribution is 1.43. The zero-order valence-electron chi connectivity index (χ0n) is 8.58. The fraction of sp³-hybridized carbons (Fsp3) is 0. The Morgan fingerprint density at radius 3 is 1.62 bits per heavy atom. The third kappa shape index (κ3) is 2.36. The van der Waals surface area contributed by atoms with Gasteiger partial charge < -0.3 is 0 Å². The van der Waals surface area contributed by atoms with Gasteiger partial charge in [0, 0.05) is 0 Å². The second kappa shape index (κ2) is 5.24. The molecule has 2 aromatic rings. The summed E-state index contributed by atoms with van der Waals surface area (Å²) in [6.07, 6.45) is 0. The van der Waals surface area contributed by atoms with Gasteiger partial charge in [-0.2, -0.15) is 5.26 Å². The summed E-state index contributed by atoms with van der Waals surface area (Å²) in [5, 5.41) is 10.9. The van der Waals surface area contributed by atoms with Crippen LogP contribution in [0.5, 0.6) is 0 Å². The molecule has 0 saturated carbocycles. The minimum absolute atomic E-state index is 1.00. The summed E-state index contributed by atoms with van der Waals surface area (Å²) in [5.74, 6) is 0. The van der Waals surface area contributed by atoms with Crippen LogP contribution in [0.25, 0.3) is 0 Å². The topological polar surface area (TPSA) is 27.0 Å². The summed E-state index contributed by atoms with van der Waals surface area (Å²) in [7, 11) is 0. The van der Waals surface area contributed by atoms with E-state index in [4.69, 9.17) is 5.26 Å². The lowest BCUT2D eigenvalue weighted by Crippen LogP contribution is -2.04. The summed E-state index contributed by atoms with van der Waals surface area (Å²) >= 11 is 1.12. The monoisotopic (exact) mass is 226 g/mol. The third-order valence-electron chi connectivity index (χ3n) is 2.11. The molecular formula is C13H10N2S. The van der Waals surface area contributed by atoms with Crippen LogP contribution in [0.2, 0.25) is 0 Å². The van der Waals surface area contributed by atoms with Crippen molar-refractivity contribution in [2.24, 2.45) is 0 Å². The van der Waals surface area contributed by atoms with Crippen molar-refractivity contribution in [2.75, 3.05) is 4.31 Å². The molecule has 0 N–H and O–H groups in total. The van der Waals surface area contributed by atoms with E-state index in [1.165, 1.54) is 0 Å². The molecule has 2 aromatic carbocycles. The molecule has 78 valence electrons. The standard InChI is InChI=1S/C13H10N2S/c14-11-16-15(12-7-3-1-4-8-12)13-9-5-2-6-10-13/h1-10H. The van der Waals surface area contributed by atoms with Gasteiger partial charge in [0.2, 0.25) is 0 Å². The minimum atomic E-state index is 1.00. The third-order valence-corrected chi connectivity index (χ3v) is 2.80. The zero-order chi connectivity index (χ0) is 11.2. The van der Waals surface area contributed by atoms with E-state index >= 15 is 0 Å². The molecule has 0 heterocycles. The maximum absolute atomic E-state index is 8.83. The highest BCUT2D eigenvalue weighted by Crippen LogP contribution is 2.31. The molecule has 16 heavy (non-hydrogen) atoms. The number of nitriles is 1. The van der Waals surface area contributed by atoms with Crippen LogP contribution < -0.4 is 4.31 Å². The number of para-hydroxylation sites is 2. The largest absolute Gasteiger partial charge is 0.272 e. The quantitative estimate of drug-likeness (QED) is 0.585. The summed E-state index contributed by atoms with van der Waals surface area (Å²) in [6.45, 7) is 0. The van der Waals surface area contributed by atoms with E-state index in [0.29, 0.717) is 0 Å². The molecule has 0 bridgehead atoms. The molecule has 0 spiro atoms. The molecule has 0 fully saturated rings. The molecule has 0 aliphatic carbocycles. The summed E-state index contributed by atoms with van der Waals surface area (Å²) in [6, 6.07) is 19.7. The lowest BCUT2D eigenvalue weighted by atomic mass is 10.3. The van der Waals surface area contributed by atoms with Crippen molar-refractivity contribution >= 4 is 23.3 Å². The fourth-order valence-corrected chi connectivity index (χ4v) is 1.96. The van der Waals surface area contributed by atoms with Crippen LogP contribution in [-0.4, -0.2) is 0 Å². The molecule has 0 amide bonds. The normalized spacial score (nSPS) is 9.44. The molecule has 2 rings (SSSR count). The van der Waals surface area contributed by atoms with E-state index in [1.807, 2.05) is 65.0 Å². The van der Waals surface area contributed by atoms with Crippen molar-refractivity contribution in [3.63, 3.8) is 0 Å². The van der Waals surface area contributed by atoms with Gasteiger partial charge in [-0.25, -0.2) is 0 Å². The first kappa shape index (κ1) is 10.6. The maximum atomic E-state index is 8.83. The average molecular weight is 226 g/mol. The van der Waals surface area contributed by atoms with Crippen LogP contribution in [0.15, 0.2) is 60.7 Å². The summed E-state index contributed by atoms with van der Waals surface area (Å²) in [4.78, 5) is 0. The van der Waals surface area contributed by atoms with Gasteiger partial charge in [0.05, 0.1) is 23.3 Å². The van der Waals surface area contributed by atoms with E-state index in [-0.39, 0.29) is 0 Å². The molecule has 2 nitrogen and oxygen atoms in total. The van der Waals surface area contributed by atoms with E-state index in [2.05, 4.69) is 5.40 Å². The van der Waals surface area contributed by atoms with Crippen LogP contribution in [0.3, 0.4) is 0 Å². The highest BCUT2D eigenvalue weighted by molar-refractivity contribution is 8.05. The van der Waals surface area contributed by atoms with E-state index < -0.39 is 0 Å². The number of thiocyanates is 1. The number of hydrogen-bond donors (Lipinski definition) is 0. The number of benzene rings is 2. The Bertz CT molecular complexity index is 437. The van der Waals surface area contributed by atoms with Gasteiger partial charge in [0.15, 0.2) is 5.40 Å². The SMILES string of the molecule is N#CSN(c1ccccc1)c1ccccc1. The second-order valence-corrected chi connectivity index (χ2v) is 3.88. The predicted molar refractivity (Wildman–Crippen MR) is 68.2 cm³/mol. The van der Waals surface area contributed by atoms with Crippen LogP contribution in [0, 0.1) is 10.7 Å². The molecule has 0 aliphatic rings. The van der Waals surface area contributed by atoms with Crippen LogP contribution in [0.4, 0.5) is 11.4 Å². The average Bonchev–Trinajstić information content (AvgIpc) is 2.38. The Hall–Kier alpha value is -1.92. The zero-order valence-corrected chi connectivity index (χ0v) is 9.39. The Morgan fingerprint density at radius 1 is 0.812 bits per heavy atom. The highest BCUT2D eigenvalue weighted by Gasteiger charge is 2.08. The molecular weight excluding hydrogens is 216 g/mol. The minimum Gasteiger partial charge on any atom is -0.272 e. The Labute approximate surface area is 99.3 Å². The Morgan fingerprint density at radius 2 is 1.25 bits per heavy atom. The predicted octanol–water partition coefficient (Wildman–Crippen LogP) is 3.95. The van der Waals surface area contributed by atoms with E-state index in [9.17, 15) is 0 Å². The maximum Gasteiger partial charge on any atom is 0.156 e. The highest BCUT2D eigenvalue weighted by atomic mass is 32.2. The van der Waals surface area contributed by atoms with Crippen molar-refractivity contribution in [1.82, 2.24) is 0 Å². The van der Waals surface area contributed by atoms with Gasteiger partial charge in [-0.3, -0.25) is 4.31 Å². The molecule has 0 saturated heterocycles. The van der Waals surface area contributed by atoms with E-state index in [0.717, 1.165) is 23.3 Å². The van der Waals surface area contributed by atoms with Crippen molar-refractivity contribution in [2.45, 2.75) is 0 Å². The number of nitrogens with zero attached hydrogens (tertiary/aromatic N) is 2. The van der Waals surface area contributed by atoms with Crippen LogP contribution >= 0.6 is 11.9 Å². The molecule has 3 heteroatoms. The van der Waals surface area contributed by atoms with Crippen LogP contribution in [-0.2, 0) is 0 Å². The smallest absolute Gasteiger partial charge is 0.156 e. The summed E-state index contributed by atoms with van der Waals surface area (Å²) < 4.78 is 1.90. The van der Waals surface area contributed by atoms with Gasteiger partial charge in [-0.15, -0.1) is 0 Å². The second-order valence-electron chi connectivity index (χ2n) is 3.15. The molecule has 0 unspecified atom stereocenters. The Balaban J connectivity index is 2.36. The molecule has 0 aliphatic heterocycles. The molecule has 0 radical (unpaired) electrons. The van der Waals surface area contributed by atoms with Gasteiger partial charge in [0.25, 0.3) is 0 Å². The van der Waals surface area contributed by atoms with Gasteiger partial charge in [-0.05, 0) is 24.3 Å². The molecule has 0 aromatic heterocycles. The van der Waals surface area contributed by atoms with Gasteiger partial charge >= 0.3 is 0 Å². The van der Waals surface area contributed by atoms with Crippen molar-refractivity contribution in [1.29, 1.82) is 5.26 Å². The first-order valence-electron chi connectivity index (χ1n) is 4.88. The number of anilines is 2. The van der Waals surface area contributed by atoms with Gasteiger partial charge in [0.1, 0.15) is 0 Å². The molecule has 0 atom stereocenters. The van der Waals surface area contributed by atoms with Crippen molar-refractivity contribution < 1.29 is 0 Å². The fourth-order valence-electron chi connectivity index (χ4n) is 1.42. The number of rotatable bonds is 3. The van der Waals surface area contributed by atoms with E-state index in [1.54, 1.807) is 0 Å². The van der Waals surface area contributed by atoms with Crippen LogP contribution in [0.1, 0.15) is 0 Å². The Kier molecular flexibility index (Phi) is 3.47. The first-order valence-corrected chi connectivity index (χ1v) is 5.65. The number of hydrogen-bond acceptors (Lipinski definition) is 3. The lowest BCUT2D eigenvalue weighted by Gasteiger charge is -2.19. The van der Waals surface area contributed by atoms with Gasteiger partial charge in [-0.1, -0.05) is 36.4 Å². The first-order chi connectivity index (χ1) is 7.92. The van der Waals surface area contributed by atoms with Crippen molar-refractivity contribution in [3.8, 4) is 5.40 Å². The summed E-state index contributed by atoms with van der Waals surface area (Å²) in [5.41, 5.74) is 2.00.